The Kier molecular flexibility index (Phi) is 6.14. The fourth-order valence-electron chi connectivity index (χ4n) is 2.03. The first-order chi connectivity index (χ1) is 8.10. The number of benzene rings is 1. The minimum atomic E-state index is -0.199. The SMILES string of the molecule is CCCNC(CC)C(C)c1ccc(F)c(Br)c1. The molecule has 0 heterocycles. The van der Waals surface area contributed by atoms with Gasteiger partial charge in [-0.1, -0.05) is 26.8 Å². The van der Waals surface area contributed by atoms with E-state index in [1.54, 1.807) is 0 Å². The lowest BCUT2D eigenvalue weighted by atomic mass is 9.91. The minimum Gasteiger partial charge on any atom is -0.313 e. The van der Waals surface area contributed by atoms with Gasteiger partial charge in [-0.25, -0.2) is 4.39 Å². The summed E-state index contributed by atoms with van der Waals surface area (Å²) in [6, 6.07) is 5.74. The molecule has 0 aliphatic heterocycles. The van der Waals surface area contributed by atoms with Crippen LogP contribution in [-0.2, 0) is 0 Å². The Bertz CT molecular complexity index is 354. The standard InChI is InChI=1S/C14H21BrFN/c1-4-8-17-14(5-2)10(3)11-6-7-13(16)12(15)9-11/h6-7,9-10,14,17H,4-5,8H2,1-3H3. The van der Waals surface area contributed by atoms with Gasteiger partial charge in [0, 0.05) is 6.04 Å². The van der Waals surface area contributed by atoms with Crippen molar-refractivity contribution in [3.8, 4) is 0 Å². The predicted molar refractivity (Wildman–Crippen MR) is 74.9 cm³/mol. The molecule has 0 aromatic heterocycles. The first-order valence-electron chi connectivity index (χ1n) is 6.28. The molecule has 0 radical (unpaired) electrons. The van der Waals surface area contributed by atoms with E-state index in [0.29, 0.717) is 16.4 Å². The van der Waals surface area contributed by atoms with Crippen LogP contribution < -0.4 is 5.32 Å². The molecule has 3 heteroatoms. The second-order valence-electron chi connectivity index (χ2n) is 4.43. The second kappa shape index (κ2) is 7.12. The van der Waals surface area contributed by atoms with Gasteiger partial charge in [0.1, 0.15) is 5.82 Å². The maximum absolute atomic E-state index is 13.2. The Morgan fingerprint density at radius 1 is 1.35 bits per heavy atom. The van der Waals surface area contributed by atoms with Gasteiger partial charge >= 0.3 is 0 Å². The van der Waals surface area contributed by atoms with E-state index in [9.17, 15) is 4.39 Å². The third-order valence-corrected chi connectivity index (χ3v) is 3.78. The van der Waals surface area contributed by atoms with Crippen molar-refractivity contribution in [3.05, 3.63) is 34.1 Å². The van der Waals surface area contributed by atoms with Gasteiger partial charge in [-0.2, -0.15) is 0 Å². The molecule has 0 spiro atoms. The van der Waals surface area contributed by atoms with Crippen molar-refractivity contribution in [1.82, 2.24) is 5.32 Å². The fraction of sp³-hybridized carbons (Fsp3) is 0.571. The van der Waals surface area contributed by atoms with Crippen LogP contribution in [0.3, 0.4) is 0 Å². The summed E-state index contributed by atoms with van der Waals surface area (Å²) in [4.78, 5) is 0. The van der Waals surface area contributed by atoms with Crippen molar-refractivity contribution in [2.24, 2.45) is 0 Å². The van der Waals surface area contributed by atoms with Crippen molar-refractivity contribution in [2.75, 3.05) is 6.54 Å². The highest BCUT2D eigenvalue weighted by atomic mass is 79.9. The average molecular weight is 302 g/mol. The lowest BCUT2D eigenvalue weighted by Crippen LogP contribution is -2.33. The van der Waals surface area contributed by atoms with Crippen LogP contribution in [-0.4, -0.2) is 12.6 Å². The highest BCUT2D eigenvalue weighted by Gasteiger charge is 2.17. The molecule has 0 amide bonds. The lowest BCUT2D eigenvalue weighted by molar-refractivity contribution is 0.438. The van der Waals surface area contributed by atoms with Gasteiger partial charge in [0.25, 0.3) is 0 Å². The summed E-state index contributed by atoms with van der Waals surface area (Å²) in [5, 5.41) is 3.54. The molecule has 1 rings (SSSR count). The molecule has 0 aliphatic carbocycles. The number of rotatable bonds is 6. The van der Waals surface area contributed by atoms with E-state index < -0.39 is 0 Å². The van der Waals surface area contributed by atoms with Crippen LogP contribution in [0.5, 0.6) is 0 Å². The Morgan fingerprint density at radius 2 is 2.06 bits per heavy atom. The van der Waals surface area contributed by atoms with Gasteiger partial charge in [-0.15, -0.1) is 0 Å². The van der Waals surface area contributed by atoms with Crippen LogP contribution >= 0.6 is 15.9 Å². The maximum atomic E-state index is 13.2. The van der Waals surface area contributed by atoms with E-state index in [1.807, 2.05) is 12.1 Å². The molecule has 0 bridgehead atoms. The van der Waals surface area contributed by atoms with Crippen molar-refractivity contribution < 1.29 is 4.39 Å². The number of halogens is 2. The molecule has 2 unspecified atom stereocenters. The summed E-state index contributed by atoms with van der Waals surface area (Å²) < 4.78 is 13.7. The second-order valence-corrected chi connectivity index (χ2v) is 5.29. The fourth-order valence-corrected chi connectivity index (χ4v) is 2.43. The summed E-state index contributed by atoms with van der Waals surface area (Å²) in [5.74, 6) is 0.193. The van der Waals surface area contributed by atoms with Crippen LogP contribution in [0.1, 0.15) is 45.1 Å². The van der Waals surface area contributed by atoms with Gasteiger partial charge < -0.3 is 5.32 Å². The first-order valence-corrected chi connectivity index (χ1v) is 7.07. The summed E-state index contributed by atoms with van der Waals surface area (Å²) in [5.41, 5.74) is 1.17. The topological polar surface area (TPSA) is 12.0 Å². The number of hydrogen-bond donors (Lipinski definition) is 1. The van der Waals surface area contributed by atoms with Crippen LogP contribution in [0.25, 0.3) is 0 Å². The normalized spacial score (nSPS) is 14.6. The molecule has 17 heavy (non-hydrogen) atoms. The molecule has 0 saturated heterocycles. The molecule has 96 valence electrons. The van der Waals surface area contributed by atoms with Gasteiger partial charge in [0.15, 0.2) is 0 Å². The third-order valence-electron chi connectivity index (χ3n) is 3.17. The zero-order chi connectivity index (χ0) is 12.8. The highest BCUT2D eigenvalue weighted by molar-refractivity contribution is 9.10. The minimum absolute atomic E-state index is 0.199. The smallest absolute Gasteiger partial charge is 0.137 e. The molecule has 0 aliphatic rings. The Hall–Kier alpha value is -0.410. The third kappa shape index (κ3) is 4.07. The van der Waals surface area contributed by atoms with Crippen molar-refractivity contribution >= 4 is 15.9 Å². The van der Waals surface area contributed by atoms with Crippen LogP contribution in [0, 0.1) is 5.82 Å². The van der Waals surface area contributed by atoms with E-state index in [2.05, 4.69) is 42.0 Å². The van der Waals surface area contributed by atoms with Crippen LogP contribution in [0.4, 0.5) is 4.39 Å². The molecule has 1 nitrogen and oxygen atoms in total. The van der Waals surface area contributed by atoms with E-state index >= 15 is 0 Å². The Labute approximate surface area is 112 Å². The number of nitrogens with one attached hydrogen (secondary N) is 1. The van der Waals surface area contributed by atoms with Gasteiger partial charge in [-0.05, 0) is 58.9 Å². The molecule has 1 N–H and O–H groups in total. The van der Waals surface area contributed by atoms with E-state index in [4.69, 9.17) is 0 Å². The predicted octanol–water partition coefficient (Wildman–Crippen LogP) is 4.47. The highest BCUT2D eigenvalue weighted by Crippen LogP contribution is 2.25. The average Bonchev–Trinajstić information content (AvgIpc) is 2.33. The van der Waals surface area contributed by atoms with Crippen molar-refractivity contribution in [1.29, 1.82) is 0 Å². The summed E-state index contributed by atoms with van der Waals surface area (Å²) in [7, 11) is 0. The monoisotopic (exact) mass is 301 g/mol. The summed E-state index contributed by atoms with van der Waals surface area (Å²) >= 11 is 3.24. The molecule has 2 atom stereocenters. The Balaban J connectivity index is 2.78. The Morgan fingerprint density at radius 3 is 2.59 bits per heavy atom. The molecule has 0 fully saturated rings. The molecule has 0 saturated carbocycles. The molecular formula is C14H21BrFN. The van der Waals surface area contributed by atoms with E-state index in [0.717, 1.165) is 19.4 Å². The van der Waals surface area contributed by atoms with E-state index in [1.165, 1.54) is 11.6 Å². The largest absolute Gasteiger partial charge is 0.313 e. The summed E-state index contributed by atoms with van der Waals surface area (Å²) in [6.45, 7) is 7.57. The quantitative estimate of drug-likeness (QED) is 0.817. The first kappa shape index (κ1) is 14.7. The molecule has 1 aromatic rings. The zero-order valence-corrected chi connectivity index (χ0v) is 12.3. The van der Waals surface area contributed by atoms with Crippen molar-refractivity contribution in [3.63, 3.8) is 0 Å². The zero-order valence-electron chi connectivity index (χ0n) is 10.8. The summed E-state index contributed by atoms with van der Waals surface area (Å²) in [6.07, 6.45) is 2.21. The van der Waals surface area contributed by atoms with Gasteiger partial charge in [0.05, 0.1) is 4.47 Å². The van der Waals surface area contributed by atoms with E-state index in [-0.39, 0.29) is 5.82 Å². The van der Waals surface area contributed by atoms with Crippen LogP contribution in [0.2, 0.25) is 0 Å². The van der Waals surface area contributed by atoms with Crippen LogP contribution in [0.15, 0.2) is 22.7 Å². The number of hydrogen-bond acceptors (Lipinski definition) is 1. The molecular weight excluding hydrogens is 281 g/mol. The maximum Gasteiger partial charge on any atom is 0.137 e. The van der Waals surface area contributed by atoms with Crippen molar-refractivity contribution in [2.45, 2.75) is 45.6 Å². The van der Waals surface area contributed by atoms with Gasteiger partial charge in [-0.3, -0.25) is 0 Å². The molecule has 1 aromatic carbocycles. The lowest BCUT2D eigenvalue weighted by Gasteiger charge is -2.24. The van der Waals surface area contributed by atoms with Gasteiger partial charge in [0.2, 0.25) is 0 Å².